The van der Waals surface area contributed by atoms with Crippen LogP contribution in [0.1, 0.15) is 67.3 Å². The molecule has 0 bridgehead atoms. The highest BCUT2D eigenvalue weighted by molar-refractivity contribution is 5.71. The molecule has 128 valence electrons. The van der Waals surface area contributed by atoms with E-state index in [0.717, 1.165) is 37.2 Å². The molecule has 0 spiro atoms. The van der Waals surface area contributed by atoms with Crippen molar-refractivity contribution >= 4 is 11.2 Å². The van der Waals surface area contributed by atoms with E-state index in [2.05, 4.69) is 39.8 Å². The van der Waals surface area contributed by atoms with Crippen LogP contribution in [-0.4, -0.2) is 13.2 Å². The van der Waals surface area contributed by atoms with E-state index < -0.39 is 0 Å². The van der Waals surface area contributed by atoms with Gasteiger partial charge in [-0.3, -0.25) is 9.15 Å². The largest absolute Gasteiger partial charge is 0.381 e. The van der Waals surface area contributed by atoms with Crippen LogP contribution in [0, 0.1) is 11.8 Å². The Morgan fingerprint density at radius 1 is 1.09 bits per heavy atom. The van der Waals surface area contributed by atoms with Gasteiger partial charge in [-0.1, -0.05) is 47.6 Å². The fraction of sp³-hybridized carbons (Fsp3) is 0.684. The lowest BCUT2D eigenvalue weighted by molar-refractivity contribution is 0.0586. The Kier molecular flexibility index (Phi) is 8.32. The molecule has 3 nitrogen and oxygen atoms in total. The van der Waals surface area contributed by atoms with Gasteiger partial charge >= 0.3 is 0 Å². The van der Waals surface area contributed by atoms with Crippen LogP contribution < -0.4 is 0 Å². The minimum atomic E-state index is 0. The molecule has 0 aliphatic rings. The Labute approximate surface area is 136 Å². The van der Waals surface area contributed by atoms with Crippen LogP contribution in [0.3, 0.4) is 0 Å². The van der Waals surface area contributed by atoms with Gasteiger partial charge in [0.25, 0.3) is 0 Å². The second-order valence-corrected chi connectivity index (χ2v) is 5.80. The van der Waals surface area contributed by atoms with Crippen LogP contribution in [0.25, 0.3) is 11.2 Å². The average Bonchev–Trinajstić information content (AvgIpc) is 2.52. The molecule has 2 rings (SSSR count). The number of hydrogen-bond donors (Lipinski definition) is 0. The summed E-state index contributed by atoms with van der Waals surface area (Å²) in [5, 5.41) is 0. The van der Waals surface area contributed by atoms with E-state index in [1.165, 1.54) is 5.56 Å². The standard InChI is InChI=1S/C17H26O3.C2H6.H2/c1-5-9-18-11-12(3)13(4)15(6-2)14-7-8-16-17(10-14)20-19-16;1-2;/h7-8,10,12-13,15H,5-6,9,11H2,1-4H3;1-2H3;1H/t12?,13-,15?;;/m0../s1. The van der Waals surface area contributed by atoms with Gasteiger partial charge in [-0.25, -0.2) is 0 Å². The summed E-state index contributed by atoms with van der Waals surface area (Å²) < 4.78 is 15.6. The first-order chi connectivity index (χ1) is 10.7. The third-order valence-electron chi connectivity index (χ3n) is 4.32. The van der Waals surface area contributed by atoms with Gasteiger partial charge in [0.05, 0.1) is 0 Å². The fourth-order valence-corrected chi connectivity index (χ4v) is 2.82. The molecule has 1 aromatic heterocycles. The molecule has 3 heteroatoms. The Morgan fingerprint density at radius 2 is 1.77 bits per heavy atom. The molecule has 0 saturated carbocycles. The van der Waals surface area contributed by atoms with Gasteiger partial charge in [0, 0.05) is 14.6 Å². The van der Waals surface area contributed by atoms with Gasteiger partial charge in [-0.2, -0.15) is 0 Å². The molecular formula is C19H34O3. The summed E-state index contributed by atoms with van der Waals surface area (Å²) >= 11 is 0. The maximum absolute atomic E-state index is 5.71. The molecule has 1 aromatic carbocycles. The molecule has 0 fully saturated rings. The molecule has 1 heterocycles. The molecular weight excluding hydrogens is 276 g/mol. The predicted octanol–water partition coefficient (Wildman–Crippen LogP) is 6.49. The van der Waals surface area contributed by atoms with E-state index in [1.54, 1.807) is 0 Å². The Balaban J connectivity index is 0.00000155. The third-order valence-corrected chi connectivity index (χ3v) is 4.32. The van der Waals surface area contributed by atoms with Gasteiger partial charge in [-0.15, -0.1) is 0 Å². The lowest BCUT2D eigenvalue weighted by Gasteiger charge is -2.28. The van der Waals surface area contributed by atoms with E-state index in [1.807, 2.05) is 19.9 Å². The number of fused-ring (bicyclic) bond motifs is 1. The molecule has 2 unspecified atom stereocenters. The van der Waals surface area contributed by atoms with E-state index in [-0.39, 0.29) is 1.43 Å². The van der Waals surface area contributed by atoms with E-state index in [9.17, 15) is 0 Å². The zero-order valence-electron chi connectivity index (χ0n) is 15.0. The molecule has 0 amide bonds. The zero-order chi connectivity index (χ0) is 16.5. The van der Waals surface area contributed by atoms with Crippen LogP contribution in [0.2, 0.25) is 0 Å². The second-order valence-electron chi connectivity index (χ2n) is 5.80. The molecule has 22 heavy (non-hydrogen) atoms. The third kappa shape index (κ3) is 4.64. The quantitative estimate of drug-likeness (QED) is 0.413. The lowest BCUT2D eigenvalue weighted by Crippen LogP contribution is -2.21. The summed E-state index contributed by atoms with van der Waals surface area (Å²) in [6.45, 7) is 14.7. The van der Waals surface area contributed by atoms with E-state index in [0.29, 0.717) is 17.8 Å². The SMILES string of the molecule is CC.CCCOCC(C)[C@H](C)C(CC)c1ccc2ooc2c1.[HH]. The Hall–Kier alpha value is -1.22. The predicted molar refractivity (Wildman–Crippen MR) is 94.4 cm³/mol. The molecule has 0 radical (unpaired) electrons. The second kappa shape index (κ2) is 9.73. The molecule has 0 saturated heterocycles. The number of benzene rings is 1. The van der Waals surface area contributed by atoms with Crippen molar-refractivity contribution in [3.8, 4) is 0 Å². The van der Waals surface area contributed by atoms with Gasteiger partial charge < -0.3 is 4.74 Å². The number of ether oxygens (including phenoxy) is 1. The minimum Gasteiger partial charge on any atom is -0.381 e. The molecule has 0 aliphatic heterocycles. The lowest BCUT2D eigenvalue weighted by atomic mass is 9.78. The van der Waals surface area contributed by atoms with Crippen LogP contribution in [0.4, 0.5) is 0 Å². The summed E-state index contributed by atoms with van der Waals surface area (Å²) in [6.07, 6.45) is 2.21. The highest BCUT2D eigenvalue weighted by Gasteiger charge is 2.24. The topological polar surface area (TPSA) is 35.5 Å². The highest BCUT2D eigenvalue weighted by atomic mass is 17.0. The molecule has 3 atom stereocenters. The molecule has 0 aliphatic carbocycles. The number of rotatable bonds is 8. The zero-order valence-corrected chi connectivity index (χ0v) is 15.0. The van der Waals surface area contributed by atoms with Crippen LogP contribution in [0.5, 0.6) is 0 Å². The van der Waals surface area contributed by atoms with E-state index >= 15 is 0 Å². The summed E-state index contributed by atoms with van der Waals surface area (Å²) in [5.41, 5.74) is 3.04. The highest BCUT2D eigenvalue weighted by Crippen LogP contribution is 2.35. The summed E-state index contributed by atoms with van der Waals surface area (Å²) in [4.78, 5) is 0. The van der Waals surface area contributed by atoms with Crippen molar-refractivity contribution in [3.63, 3.8) is 0 Å². The van der Waals surface area contributed by atoms with Crippen LogP contribution in [-0.2, 0) is 4.74 Å². The number of hydrogen-bond acceptors (Lipinski definition) is 3. The van der Waals surface area contributed by atoms with Crippen molar-refractivity contribution in [2.24, 2.45) is 11.8 Å². The van der Waals surface area contributed by atoms with Gasteiger partial charge in [0.15, 0.2) is 0 Å². The van der Waals surface area contributed by atoms with Crippen molar-refractivity contribution in [2.45, 2.75) is 60.3 Å². The fourth-order valence-electron chi connectivity index (χ4n) is 2.82. The smallest absolute Gasteiger partial charge is 0.225 e. The molecule has 0 N–H and O–H groups in total. The maximum Gasteiger partial charge on any atom is 0.225 e. The monoisotopic (exact) mass is 310 g/mol. The van der Waals surface area contributed by atoms with Crippen LogP contribution >= 0.6 is 0 Å². The van der Waals surface area contributed by atoms with Gasteiger partial charge in [-0.05, 0) is 48.3 Å². The van der Waals surface area contributed by atoms with Gasteiger partial charge in [0.1, 0.15) is 0 Å². The van der Waals surface area contributed by atoms with Crippen molar-refractivity contribution in [1.82, 2.24) is 0 Å². The Morgan fingerprint density at radius 3 is 2.27 bits per heavy atom. The normalized spacial score (nSPS) is 15.2. The van der Waals surface area contributed by atoms with Crippen molar-refractivity contribution in [1.29, 1.82) is 0 Å². The van der Waals surface area contributed by atoms with Crippen LogP contribution in [0.15, 0.2) is 27.4 Å². The van der Waals surface area contributed by atoms with Crippen molar-refractivity contribution in [2.75, 3.05) is 13.2 Å². The van der Waals surface area contributed by atoms with E-state index in [4.69, 9.17) is 13.9 Å². The molecule has 2 aromatic rings. The van der Waals surface area contributed by atoms with Gasteiger partial charge in [0.2, 0.25) is 11.2 Å². The summed E-state index contributed by atoms with van der Waals surface area (Å²) in [7, 11) is 0. The van der Waals surface area contributed by atoms with Crippen molar-refractivity contribution < 1.29 is 15.3 Å². The minimum absolute atomic E-state index is 0. The summed E-state index contributed by atoms with van der Waals surface area (Å²) in [5.74, 6) is 1.66. The first-order valence-electron chi connectivity index (χ1n) is 8.73. The average molecular weight is 310 g/mol. The first-order valence-corrected chi connectivity index (χ1v) is 8.73. The maximum atomic E-state index is 5.71. The first kappa shape index (κ1) is 18.8. The Bertz CT molecular complexity index is 517. The van der Waals surface area contributed by atoms with Crippen molar-refractivity contribution in [3.05, 3.63) is 23.8 Å². The summed E-state index contributed by atoms with van der Waals surface area (Å²) in [6, 6.07) is 6.27.